The number of hydrogen-bond donors (Lipinski definition) is 2. The highest BCUT2D eigenvalue weighted by Crippen LogP contribution is 2.22. The standard InChI is InChI=1S/C12H19N5O/c1-16(2)10-4-6-17(8-10)9-3-5-14-11(7-9)12(13)15-18/h3,5,7,10,18H,4,6,8H2,1-2H3,(H2,13,15). The Morgan fingerprint density at radius 1 is 1.61 bits per heavy atom. The highest BCUT2D eigenvalue weighted by Gasteiger charge is 2.24. The largest absolute Gasteiger partial charge is 0.409 e. The van der Waals surface area contributed by atoms with Gasteiger partial charge in [0, 0.05) is 31.0 Å². The number of oxime groups is 1. The summed E-state index contributed by atoms with van der Waals surface area (Å²) < 4.78 is 0. The van der Waals surface area contributed by atoms with Gasteiger partial charge in [0.1, 0.15) is 5.69 Å². The fraction of sp³-hybridized carbons (Fsp3) is 0.500. The maximum Gasteiger partial charge on any atom is 0.188 e. The summed E-state index contributed by atoms with van der Waals surface area (Å²) in [5, 5.41) is 11.6. The summed E-state index contributed by atoms with van der Waals surface area (Å²) in [4.78, 5) is 8.62. The van der Waals surface area contributed by atoms with E-state index in [1.54, 1.807) is 6.20 Å². The Balaban J connectivity index is 2.15. The number of likely N-dealkylation sites (N-methyl/N-ethyl adjacent to an activating group) is 1. The molecule has 0 spiro atoms. The fourth-order valence-electron chi connectivity index (χ4n) is 2.21. The topological polar surface area (TPSA) is 78.0 Å². The van der Waals surface area contributed by atoms with Gasteiger partial charge in [-0.1, -0.05) is 5.16 Å². The third-order valence-corrected chi connectivity index (χ3v) is 3.37. The maximum absolute atomic E-state index is 8.66. The first-order valence-corrected chi connectivity index (χ1v) is 5.97. The Kier molecular flexibility index (Phi) is 3.66. The molecule has 0 aromatic carbocycles. The monoisotopic (exact) mass is 249 g/mol. The van der Waals surface area contributed by atoms with Crippen LogP contribution in [0.4, 0.5) is 5.69 Å². The van der Waals surface area contributed by atoms with Crippen LogP contribution in [0.5, 0.6) is 0 Å². The van der Waals surface area contributed by atoms with Crippen LogP contribution < -0.4 is 10.6 Å². The second-order valence-corrected chi connectivity index (χ2v) is 4.74. The van der Waals surface area contributed by atoms with Gasteiger partial charge in [-0.25, -0.2) is 0 Å². The van der Waals surface area contributed by atoms with Gasteiger partial charge in [-0.3, -0.25) is 4.98 Å². The van der Waals surface area contributed by atoms with Gasteiger partial charge in [0.25, 0.3) is 0 Å². The molecule has 2 rings (SSSR count). The van der Waals surface area contributed by atoms with Crippen LogP contribution >= 0.6 is 0 Å². The zero-order chi connectivity index (χ0) is 13.1. The van der Waals surface area contributed by atoms with Gasteiger partial charge >= 0.3 is 0 Å². The van der Waals surface area contributed by atoms with E-state index in [1.165, 1.54) is 0 Å². The molecule has 1 aliphatic rings. The lowest BCUT2D eigenvalue weighted by atomic mass is 10.2. The SMILES string of the molecule is CN(C)C1CCN(c2ccnc(C(N)=NO)c2)C1. The Morgan fingerprint density at radius 2 is 2.39 bits per heavy atom. The zero-order valence-corrected chi connectivity index (χ0v) is 10.7. The summed E-state index contributed by atoms with van der Waals surface area (Å²) in [5.74, 6) is 0.0419. The molecule has 0 radical (unpaired) electrons. The highest BCUT2D eigenvalue weighted by atomic mass is 16.4. The number of nitrogens with zero attached hydrogens (tertiary/aromatic N) is 4. The van der Waals surface area contributed by atoms with Crippen molar-refractivity contribution >= 4 is 11.5 Å². The Hall–Kier alpha value is -1.82. The molecule has 1 aliphatic heterocycles. The predicted molar refractivity (Wildman–Crippen MR) is 71.1 cm³/mol. The van der Waals surface area contributed by atoms with E-state index in [0.717, 1.165) is 25.2 Å². The van der Waals surface area contributed by atoms with Crippen molar-refractivity contribution in [1.82, 2.24) is 9.88 Å². The summed E-state index contributed by atoms with van der Waals surface area (Å²) in [6.07, 6.45) is 2.83. The molecule has 6 heteroatoms. The molecule has 2 heterocycles. The molecule has 6 nitrogen and oxygen atoms in total. The molecule has 0 bridgehead atoms. The fourth-order valence-corrected chi connectivity index (χ4v) is 2.21. The molecular formula is C12H19N5O. The Morgan fingerprint density at radius 3 is 3.00 bits per heavy atom. The van der Waals surface area contributed by atoms with Crippen LogP contribution in [0.25, 0.3) is 0 Å². The smallest absolute Gasteiger partial charge is 0.188 e. The molecule has 1 aromatic rings. The summed E-state index contributed by atoms with van der Waals surface area (Å²) in [7, 11) is 4.20. The number of hydrogen-bond acceptors (Lipinski definition) is 5. The molecule has 1 unspecified atom stereocenters. The molecule has 1 saturated heterocycles. The molecule has 1 fully saturated rings. The molecule has 1 atom stereocenters. The number of anilines is 1. The van der Waals surface area contributed by atoms with E-state index in [-0.39, 0.29) is 5.84 Å². The quantitative estimate of drug-likeness (QED) is 0.349. The van der Waals surface area contributed by atoms with E-state index in [1.807, 2.05) is 12.1 Å². The van der Waals surface area contributed by atoms with Gasteiger partial charge in [0.05, 0.1) is 0 Å². The minimum Gasteiger partial charge on any atom is -0.409 e. The molecule has 98 valence electrons. The number of aromatic nitrogens is 1. The van der Waals surface area contributed by atoms with Gasteiger partial charge in [-0.05, 0) is 32.6 Å². The molecule has 1 aromatic heterocycles. The second-order valence-electron chi connectivity index (χ2n) is 4.74. The van der Waals surface area contributed by atoms with Crippen molar-refractivity contribution in [2.75, 3.05) is 32.1 Å². The minimum absolute atomic E-state index is 0.0419. The number of nitrogens with two attached hydrogens (primary N) is 1. The van der Waals surface area contributed by atoms with Crippen LogP contribution in [0.3, 0.4) is 0 Å². The van der Waals surface area contributed by atoms with Crippen LogP contribution in [0.1, 0.15) is 12.1 Å². The molecular weight excluding hydrogens is 230 g/mol. The van der Waals surface area contributed by atoms with E-state index in [2.05, 4.69) is 34.0 Å². The van der Waals surface area contributed by atoms with Crippen LogP contribution in [0.15, 0.2) is 23.5 Å². The summed E-state index contributed by atoms with van der Waals surface area (Å²) in [6, 6.07) is 4.38. The lowest BCUT2D eigenvalue weighted by Gasteiger charge is -2.22. The lowest BCUT2D eigenvalue weighted by molar-refractivity contribution is 0.315. The number of amidine groups is 1. The number of rotatable bonds is 3. The first-order valence-electron chi connectivity index (χ1n) is 5.97. The van der Waals surface area contributed by atoms with Gasteiger partial charge in [-0.15, -0.1) is 0 Å². The van der Waals surface area contributed by atoms with E-state index in [0.29, 0.717) is 11.7 Å². The molecule has 0 amide bonds. The average Bonchev–Trinajstić information content (AvgIpc) is 2.88. The van der Waals surface area contributed by atoms with E-state index >= 15 is 0 Å². The van der Waals surface area contributed by atoms with Crippen molar-refractivity contribution in [2.45, 2.75) is 12.5 Å². The molecule has 3 N–H and O–H groups in total. The summed E-state index contributed by atoms with van der Waals surface area (Å²) in [6.45, 7) is 2.01. The van der Waals surface area contributed by atoms with Crippen LogP contribution in [0, 0.1) is 0 Å². The average molecular weight is 249 g/mol. The van der Waals surface area contributed by atoms with Crippen molar-refractivity contribution in [3.8, 4) is 0 Å². The minimum atomic E-state index is 0.0419. The summed E-state index contributed by atoms with van der Waals surface area (Å²) >= 11 is 0. The summed E-state index contributed by atoms with van der Waals surface area (Å²) in [5.41, 5.74) is 7.12. The Labute approximate surface area is 107 Å². The lowest BCUT2D eigenvalue weighted by Crippen LogP contribution is -2.31. The van der Waals surface area contributed by atoms with Crippen LogP contribution in [-0.2, 0) is 0 Å². The van der Waals surface area contributed by atoms with Crippen LogP contribution in [0.2, 0.25) is 0 Å². The van der Waals surface area contributed by atoms with Crippen molar-refractivity contribution in [3.63, 3.8) is 0 Å². The van der Waals surface area contributed by atoms with Gasteiger partial charge in [0.2, 0.25) is 0 Å². The van der Waals surface area contributed by atoms with Crippen molar-refractivity contribution < 1.29 is 5.21 Å². The van der Waals surface area contributed by atoms with E-state index in [4.69, 9.17) is 10.9 Å². The van der Waals surface area contributed by atoms with E-state index in [9.17, 15) is 0 Å². The third kappa shape index (κ3) is 2.53. The normalized spacial score (nSPS) is 20.7. The zero-order valence-electron chi connectivity index (χ0n) is 10.7. The first-order chi connectivity index (χ1) is 8.61. The second kappa shape index (κ2) is 5.22. The predicted octanol–water partition coefficient (Wildman–Crippen LogP) is 0.316. The Bertz CT molecular complexity index is 446. The molecule has 18 heavy (non-hydrogen) atoms. The van der Waals surface area contributed by atoms with Gasteiger partial charge in [-0.2, -0.15) is 0 Å². The van der Waals surface area contributed by atoms with Gasteiger partial charge in [0.15, 0.2) is 5.84 Å². The number of pyridine rings is 1. The van der Waals surface area contributed by atoms with Crippen LogP contribution in [-0.4, -0.2) is 54.2 Å². The van der Waals surface area contributed by atoms with Crippen molar-refractivity contribution in [1.29, 1.82) is 0 Å². The first kappa shape index (κ1) is 12.6. The maximum atomic E-state index is 8.66. The highest BCUT2D eigenvalue weighted by molar-refractivity contribution is 5.95. The van der Waals surface area contributed by atoms with E-state index < -0.39 is 0 Å². The van der Waals surface area contributed by atoms with Crippen molar-refractivity contribution in [2.24, 2.45) is 10.9 Å². The molecule has 0 aliphatic carbocycles. The third-order valence-electron chi connectivity index (χ3n) is 3.37. The van der Waals surface area contributed by atoms with Gasteiger partial charge < -0.3 is 20.7 Å². The van der Waals surface area contributed by atoms with Crippen molar-refractivity contribution in [3.05, 3.63) is 24.0 Å². The molecule has 0 saturated carbocycles.